The van der Waals surface area contributed by atoms with Crippen molar-refractivity contribution in [1.82, 2.24) is 4.98 Å². The van der Waals surface area contributed by atoms with Gasteiger partial charge in [-0.2, -0.15) is 0 Å². The van der Waals surface area contributed by atoms with Gasteiger partial charge in [-0.25, -0.2) is 0 Å². The van der Waals surface area contributed by atoms with Crippen LogP contribution in [0.2, 0.25) is 0 Å². The number of pyridine rings is 1. The predicted molar refractivity (Wildman–Crippen MR) is 64.7 cm³/mol. The fraction of sp³-hybridized carbons (Fsp3) is 0.231. The normalized spacial score (nSPS) is 13.9. The van der Waals surface area contributed by atoms with Gasteiger partial charge in [0.05, 0.1) is 10.9 Å². The summed E-state index contributed by atoms with van der Waals surface area (Å²) in [6.45, 7) is 0. The molecule has 0 aliphatic heterocycles. The molecule has 86 valence electrons. The van der Waals surface area contributed by atoms with Gasteiger partial charge in [0.1, 0.15) is 0 Å². The average Bonchev–Trinajstić information content (AvgIpc) is 2.76. The Kier molecular flexibility index (Phi) is 2.04. The van der Waals surface area contributed by atoms with Crippen LogP contribution in [0.1, 0.15) is 28.0 Å². The number of primary amides is 1. The highest BCUT2D eigenvalue weighted by Crippen LogP contribution is 2.21. The maximum atomic E-state index is 11.4. The highest BCUT2D eigenvalue weighted by Gasteiger charge is 2.17. The fourth-order valence-corrected chi connectivity index (χ4v) is 2.60. The Morgan fingerprint density at radius 1 is 1.35 bits per heavy atom. The molecular formula is C13H13N3O. The summed E-state index contributed by atoms with van der Waals surface area (Å²) in [5.74, 6) is -0.476. The highest BCUT2D eigenvalue weighted by atomic mass is 16.1. The van der Waals surface area contributed by atoms with Crippen LogP contribution in [0.25, 0.3) is 10.9 Å². The molecule has 0 radical (unpaired) electrons. The molecule has 1 aromatic carbocycles. The third-order valence-electron chi connectivity index (χ3n) is 3.39. The van der Waals surface area contributed by atoms with E-state index in [0.717, 1.165) is 36.0 Å². The van der Waals surface area contributed by atoms with Crippen molar-refractivity contribution in [1.29, 1.82) is 5.41 Å². The number of aromatic nitrogens is 1. The van der Waals surface area contributed by atoms with Gasteiger partial charge in [0.2, 0.25) is 5.91 Å². The first-order chi connectivity index (χ1) is 8.18. The van der Waals surface area contributed by atoms with Gasteiger partial charge < -0.3 is 10.7 Å². The zero-order chi connectivity index (χ0) is 12.0. The predicted octanol–water partition coefficient (Wildman–Crippen LogP) is 1.23. The number of fused-ring (bicyclic) bond motifs is 2. The number of carbonyl (C=O) groups is 1. The highest BCUT2D eigenvalue weighted by molar-refractivity contribution is 6.05. The topological polar surface area (TPSA) is 82.7 Å². The fourth-order valence-electron chi connectivity index (χ4n) is 2.60. The summed E-state index contributed by atoms with van der Waals surface area (Å²) in [4.78, 5) is 14.7. The number of rotatable bonds is 1. The largest absolute Gasteiger partial charge is 0.366 e. The first-order valence-corrected chi connectivity index (χ1v) is 5.69. The standard InChI is InChI=1S/C13H13N3O/c14-12-7-3-1-5-9(7)16-10-6-2-4-8(11(10)12)13(15)17/h2,4,6H,1,3,5H2,(H2,14,16)(H2,15,17). The van der Waals surface area contributed by atoms with Gasteiger partial charge in [-0.05, 0) is 37.0 Å². The smallest absolute Gasteiger partial charge is 0.249 e. The number of benzene rings is 1. The number of carbonyl (C=O) groups excluding carboxylic acids is 1. The average molecular weight is 227 g/mol. The molecule has 4 nitrogen and oxygen atoms in total. The summed E-state index contributed by atoms with van der Waals surface area (Å²) in [5, 5.41) is 9.34. The number of amides is 1. The quantitative estimate of drug-likeness (QED) is 0.672. The Morgan fingerprint density at radius 3 is 2.94 bits per heavy atom. The van der Waals surface area contributed by atoms with Crippen LogP contribution in [0.15, 0.2) is 18.2 Å². The third kappa shape index (κ3) is 1.37. The number of hydrogen-bond acceptors (Lipinski definition) is 2. The molecule has 4 N–H and O–H groups in total. The van der Waals surface area contributed by atoms with Crippen LogP contribution in [0.5, 0.6) is 0 Å². The van der Waals surface area contributed by atoms with E-state index < -0.39 is 5.91 Å². The maximum absolute atomic E-state index is 11.4. The van der Waals surface area contributed by atoms with Crippen molar-refractivity contribution >= 4 is 16.8 Å². The molecule has 0 saturated carbocycles. The minimum Gasteiger partial charge on any atom is -0.366 e. The molecule has 1 amide bonds. The van der Waals surface area contributed by atoms with E-state index in [0.29, 0.717) is 16.3 Å². The summed E-state index contributed by atoms with van der Waals surface area (Å²) in [6, 6.07) is 5.36. The van der Waals surface area contributed by atoms with Crippen LogP contribution in [0.4, 0.5) is 0 Å². The Morgan fingerprint density at radius 2 is 2.18 bits per heavy atom. The van der Waals surface area contributed by atoms with E-state index in [2.05, 4.69) is 4.98 Å². The Labute approximate surface area is 98.0 Å². The molecule has 4 heteroatoms. The van der Waals surface area contributed by atoms with Gasteiger partial charge in [-0.1, -0.05) is 6.07 Å². The molecule has 0 unspecified atom stereocenters. The molecule has 2 aromatic rings. The third-order valence-corrected chi connectivity index (χ3v) is 3.39. The van der Waals surface area contributed by atoms with Crippen molar-refractivity contribution in [3.8, 4) is 0 Å². The van der Waals surface area contributed by atoms with Crippen LogP contribution in [0.3, 0.4) is 0 Å². The molecule has 0 atom stereocenters. The van der Waals surface area contributed by atoms with Crippen molar-refractivity contribution in [3.05, 3.63) is 40.4 Å². The summed E-state index contributed by atoms with van der Waals surface area (Å²) < 4.78 is 0. The summed E-state index contributed by atoms with van der Waals surface area (Å²) >= 11 is 0. The Hall–Kier alpha value is -2.10. The van der Waals surface area contributed by atoms with Crippen LogP contribution < -0.4 is 11.1 Å². The molecule has 0 fully saturated rings. The molecule has 1 aliphatic rings. The SMILES string of the molecule is N=c1c2c([nH]c3cccc(C(N)=O)c13)CCC2. The molecule has 1 aromatic heterocycles. The lowest BCUT2D eigenvalue weighted by Crippen LogP contribution is -2.18. The number of hydrogen-bond donors (Lipinski definition) is 3. The van der Waals surface area contributed by atoms with E-state index in [9.17, 15) is 4.79 Å². The van der Waals surface area contributed by atoms with Crippen molar-refractivity contribution in [2.75, 3.05) is 0 Å². The minimum absolute atomic E-state index is 0.429. The summed E-state index contributed by atoms with van der Waals surface area (Å²) in [7, 11) is 0. The van der Waals surface area contributed by atoms with Crippen LogP contribution in [-0.4, -0.2) is 10.9 Å². The van der Waals surface area contributed by atoms with Crippen molar-refractivity contribution in [3.63, 3.8) is 0 Å². The monoisotopic (exact) mass is 227 g/mol. The molecule has 0 saturated heterocycles. The van der Waals surface area contributed by atoms with Gasteiger partial charge in [-0.15, -0.1) is 0 Å². The van der Waals surface area contributed by atoms with E-state index in [1.54, 1.807) is 12.1 Å². The lowest BCUT2D eigenvalue weighted by molar-refractivity contribution is 0.100. The van der Waals surface area contributed by atoms with E-state index in [1.165, 1.54) is 0 Å². The number of aryl methyl sites for hydroxylation is 1. The van der Waals surface area contributed by atoms with Crippen LogP contribution in [-0.2, 0) is 12.8 Å². The van der Waals surface area contributed by atoms with Gasteiger partial charge in [0.15, 0.2) is 0 Å². The number of nitrogens with one attached hydrogen (secondary N) is 2. The lowest BCUT2D eigenvalue weighted by Gasteiger charge is -2.08. The molecular weight excluding hydrogens is 214 g/mol. The first kappa shape index (κ1) is 10.1. The maximum Gasteiger partial charge on any atom is 0.249 e. The zero-order valence-electron chi connectivity index (χ0n) is 9.34. The van der Waals surface area contributed by atoms with Crippen LogP contribution >= 0.6 is 0 Å². The van der Waals surface area contributed by atoms with Gasteiger partial charge >= 0.3 is 0 Å². The molecule has 3 rings (SSSR count). The van der Waals surface area contributed by atoms with E-state index in [-0.39, 0.29) is 0 Å². The number of aromatic amines is 1. The number of nitrogens with two attached hydrogens (primary N) is 1. The summed E-state index contributed by atoms with van der Waals surface area (Å²) in [5.41, 5.74) is 8.78. The van der Waals surface area contributed by atoms with Crippen molar-refractivity contribution in [2.24, 2.45) is 5.73 Å². The van der Waals surface area contributed by atoms with Crippen molar-refractivity contribution < 1.29 is 4.79 Å². The second-order valence-corrected chi connectivity index (χ2v) is 4.40. The molecule has 1 heterocycles. The van der Waals surface area contributed by atoms with Gasteiger partial charge in [-0.3, -0.25) is 10.2 Å². The van der Waals surface area contributed by atoms with E-state index in [1.807, 2.05) is 6.07 Å². The molecule has 17 heavy (non-hydrogen) atoms. The molecule has 0 bridgehead atoms. The molecule has 0 spiro atoms. The lowest BCUT2D eigenvalue weighted by atomic mass is 10.0. The van der Waals surface area contributed by atoms with E-state index >= 15 is 0 Å². The first-order valence-electron chi connectivity index (χ1n) is 5.69. The van der Waals surface area contributed by atoms with Gasteiger partial charge in [0.25, 0.3) is 0 Å². The Balaban J connectivity index is 2.49. The second-order valence-electron chi connectivity index (χ2n) is 4.40. The second kappa shape index (κ2) is 3.45. The van der Waals surface area contributed by atoms with Crippen LogP contribution in [0, 0.1) is 5.41 Å². The van der Waals surface area contributed by atoms with E-state index in [4.69, 9.17) is 11.1 Å². The minimum atomic E-state index is -0.476. The zero-order valence-corrected chi connectivity index (χ0v) is 9.34. The van der Waals surface area contributed by atoms with Gasteiger partial charge in [0, 0.05) is 16.6 Å². The molecule has 1 aliphatic carbocycles. The Bertz CT molecular complexity index is 685. The van der Waals surface area contributed by atoms with Crippen molar-refractivity contribution in [2.45, 2.75) is 19.3 Å². The number of H-pyrrole nitrogens is 1. The summed E-state index contributed by atoms with van der Waals surface area (Å²) in [6.07, 6.45) is 2.96.